The molecule has 0 unspecified atom stereocenters. The number of carbonyl (C=O) groups is 1. The maximum Gasteiger partial charge on any atom is 0.309 e. The van der Waals surface area contributed by atoms with Crippen LogP contribution in [0.1, 0.15) is 17.7 Å². The molecule has 0 saturated carbocycles. The summed E-state index contributed by atoms with van der Waals surface area (Å²) < 4.78 is 29.7. The van der Waals surface area contributed by atoms with Crippen LogP contribution >= 0.6 is 0 Å². The molecule has 0 radical (unpaired) electrons. The zero-order valence-corrected chi connectivity index (χ0v) is 7.91. The van der Waals surface area contributed by atoms with Crippen LogP contribution in [0.3, 0.4) is 0 Å². The van der Waals surface area contributed by atoms with Gasteiger partial charge in [0, 0.05) is 6.20 Å². The van der Waals surface area contributed by atoms with E-state index >= 15 is 0 Å². The molecule has 0 aliphatic carbocycles. The minimum Gasteiger partial charge on any atom is -0.494 e. The molecule has 0 bridgehead atoms. The lowest BCUT2D eigenvalue weighted by Crippen LogP contribution is -2.06. The van der Waals surface area contributed by atoms with Crippen molar-refractivity contribution in [2.24, 2.45) is 0 Å². The largest absolute Gasteiger partial charge is 0.494 e. The first-order valence-electron chi connectivity index (χ1n) is 4.08. The molecule has 1 aromatic heterocycles. The molecule has 1 aromatic rings. The second-order valence-corrected chi connectivity index (χ2v) is 2.75. The van der Waals surface area contributed by atoms with E-state index in [1.54, 1.807) is 0 Å². The Bertz CT molecular complexity index is 368. The number of halogens is 2. The molecular weight excluding hydrogens is 208 g/mol. The zero-order valence-electron chi connectivity index (χ0n) is 7.91. The highest BCUT2D eigenvalue weighted by atomic mass is 19.3. The predicted octanol–water partition coefficient (Wildman–Crippen LogP) is 1.65. The van der Waals surface area contributed by atoms with Crippen LogP contribution in [-0.4, -0.2) is 23.2 Å². The van der Waals surface area contributed by atoms with E-state index < -0.39 is 18.8 Å². The van der Waals surface area contributed by atoms with Crippen molar-refractivity contribution in [1.82, 2.24) is 4.98 Å². The molecular formula is C9H9F2NO3. The minimum atomic E-state index is -2.71. The van der Waals surface area contributed by atoms with E-state index in [2.05, 4.69) is 4.98 Å². The van der Waals surface area contributed by atoms with Gasteiger partial charge in [-0.3, -0.25) is 9.78 Å². The first-order chi connectivity index (χ1) is 7.06. The molecule has 1 N–H and O–H groups in total. The highest BCUT2D eigenvalue weighted by Gasteiger charge is 2.19. The third kappa shape index (κ3) is 2.61. The van der Waals surface area contributed by atoms with Crippen molar-refractivity contribution in [2.75, 3.05) is 7.11 Å². The van der Waals surface area contributed by atoms with Crippen molar-refractivity contribution in [3.05, 3.63) is 23.5 Å². The number of carboxylic acids is 1. The van der Waals surface area contributed by atoms with E-state index in [1.165, 1.54) is 7.11 Å². The summed E-state index contributed by atoms with van der Waals surface area (Å²) in [5.41, 5.74) is -0.341. The van der Waals surface area contributed by atoms with Crippen LogP contribution in [0.4, 0.5) is 8.78 Å². The third-order valence-corrected chi connectivity index (χ3v) is 1.77. The van der Waals surface area contributed by atoms with Crippen LogP contribution in [0.25, 0.3) is 0 Å². The monoisotopic (exact) mass is 217 g/mol. The fraction of sp³-hybridized carbons (Fsp3) is 0.333. The van der Waals surface area contributed by atoms with Crippen LogP contribution < -0.4 is 4.74 Å². The SMILES string of the molecule is COc1c(C(F)F)ccnc1CC(=O)O. The normalized spacial score (nSPS) is 10.4. The number of aliphatic carboxylic acids is 1. The molecule has 4 nitrogen and oxygen atoms in total. The lowest BCUT2D eigenvalue weighted by Gasteiger charge is -2.10. The second kappa shape index (κ2) is 4.68. The van der Waals surface area contributed by atoms with Gasteiger partial charge in [-0.15, -0.1) is 0 Å². The fourth-order valence-corrected chi connectivity index (χ4v) is 1.19. The van der Waals surface area contributed by atoms with Crippen LogP contribution in [0, 0.1) is 0 Å². The number of rotatable bonds is 4. The molecule has 0 aromatic carbocycles. The van der Waals surface area contributed by atoms with Crippen LogP contribution in [-0.2, 0) is 11.2 Å². The van der Waals surface area contributed by atoms with Gasteiger partial charge >= 0.3 is 5.97 Å². The van der Waals surface area contributed by atoms with Crippen molar-refractivity contribution in [1.29, 1.82) is 0 Å². The Morgan fingerprint density at radius 3 is 2.80 bits per heavy atom. The van der Waals surface area contributed by atoms with E-state index in [9.17, 15) is 13.6 Å². The van der Waals surface area contributed by atoms with Gasteiger partial charge in [-0.05, 0) is 6.07 Å². The summed E-state index contributed by atoms with van der Waals surface area (Å²) in [6.07, 6.45) is -2.01. The Morgan fingerprint density at radius 1 is 1.67 bits per heavy atom. The highest BCUT2D eigenvalue weighted by molar-refractivity contribution is 5.70. The van der Waals surface area contributed by atoms with Gasteiger partial charge in [-0.2, -0.15) is 0 Å². The lowest BCUT2D eigenvalue weighted by molar-refractivity contribution is -0.136. The van der Waals surface area contributed by atoms with E-state index in [1.807, 2.05) is 0 Å². The predicted molar refractivity (Wildman–Crippen MR) is 47.1 cm³/mol. The summed E-state index contributed by atoms with van der Waals surface area (Å²) in [6.45, 7) is 0. The summed E-state index contributed by atoms with van der Waals surface area (Å²) in [6, 6.07) is 1.11. The number of nitrogens with zero attached hydrogens (tertiary/aromatic N) is 1. The maximum atomic E-state index is 12.5. The van der Waals surface area contributed by atoms with Gasteiger partial charge in [0.1, 0.15) is 5.75 Å². The second-order valence-electron chi connectivity index (χ2n) is 2.75. The maximum absolute atomic E-state index is 12.5. The van der Waals surface area contributed by atoms with Gasteiger partial charge in [0.05, 0.1) is 24.8 Å². The highest BCUT2D eigenvalue weighted by Crippen LogP contribution is 2.30. The fourth-order valence-electron chi connectivity index (χ4n) is 1.19. The first-order valence-corrected chi connectivity index (χ1v) is 4.08. The van der Waals surface area contributed by atoms with Gasteiger partial charge in [0.2, 0.25) is 0 Å². The number of hydrogen-bond acceptors (Lipinski definition) is 3. The van der Waals surface area contributed by atoms with E-state index in [0.717, 1.165) is 12.3 Å². The van der Waals surface area contributed by atoms with Gasteiger partial charge < -0.3 is 9.84 Å². The van der Waals surface area contributed by atoms with Crippen molar-refractivity contribution in [3.63, 3.8) is 0 Å². The molecule has 0 amide bonds. The number of carboxylic acid groups (broad SMARTS) is 1. The van der Waals surface area contributed by atoms with E-state index in [4.69, 9.17) is 9.84 Å². The summed E-state index contributed by atoms with van der Waals surface area (Å²) >= 11 is 0. The van der Waals surface area contributed by atoms with Gasteiger partial charge in [-0.1, -0.05) is 0 Å². The van der Waals surface area contributed by atoms with Crippen LogP contribution in [0.5, 0.6) is 5.75 Å². The average Bonchev–Trinajstić information content (AvgIpc) is 2.16. The standard InChI is InChI=1S/C9H9F2NO3/c1-15-8-5(9(10)11)2-3-12-6(8)4-7(13)14/h2-3,9H,4H2,1H3,(H,13,14). The number of hydrogen-bond donors (Lipinski definition) is 1. The zero-order chi connectivity index (χ0) is 11.4. The molecule has 6 heteroatoms. The molecule has 0 spiro atoms. The Labute approximate surface area is 84.5 Å². The Kier molecular flexibility index (Phi) is 3.54. The number of aromatic nitrogens is 1. The Hall–Kier alpha value is -1.72. The lowest BCUT2D eigenvalue weighted by atomic mass is 10.1. The number of methoxy groups -OCH3 is 1. The van der Waals surface area contributed by atoms with Crippen molar-refractivity contribution < 1.29 is 23.4 Å². The number of ether oxygens (including phenoxy) is 1. The molecule has 15 heavy (non-hydrogen) atoms. The molecule has 82 valence electrons. The first kappa shape index (κ1) is 11.4. The molecule has 1 rings (SSSR count). The van der Waals surface area contributed by atoms with Crippen LogP contribution in [0.15, 0.2) is 12.3 Å². The summed E-state index contributed by atoms with van der Waals surface area (Å²) in [5, 5.41) is 8.53. The molecule has 0 aliphatic heterocycles. The summed E-state index contributed by atoms with van der Waals surface area (Å²) in [7, 11) is 1.20. The van der Waals surface area contributed by atoms with Crippen molar-refractivity contribution in [2.45, 2.75) is 12.8 Å². The summed E-state index contributed by atoms with van der Waals surface area (Å²) in [5.74, 6) is -1.30. The van der Waals surface area contributed by atoms with Crippen molar-refractivity contribution >= 4 is 5.97 Å². The number of pyridine rings is 1. The summed E-state index contributed by atoms with van der Waals surface area (Å²) in [4.78, 5) is 14.1. The van der Waals surface area contributed by atoms with E-state index in [-0.39, 0.29) is 17.0 Å². The topological polar surface area (TPSA) is 59.4 Å². The van der Waals surface area contributed by atoms with Gasteiger partial charge in [-0.25, -0.2) is 8.78 Å². The quantitative estimate of drug-likeness (QED) is 0.833. The van der Waals surface area contributed by atoms with E-state index in [0.29, 0.717) is 0 Å². The molecule has 1 heterocycles. The third-order valence-electron chi connectivity index (χ3n) is 1.77. The smallest absolute Gasteiger partial charge is 0.309 e. The molecule has 0 aliphatic rings. The molecule has 0 fully saturated rings. The van der Waals surface area contributed by atoms with Gasteiger partial charge in [0.25, 0.3) is 6.43 Å². The van der Waals surface area contributed by atoms with Gasteiger partial charge in [0.15, 0.2) is 0 Å². The van der Waals surface area contributed by atoms with Crippen LogP contribution in [0.2, 0.25) is 0 Å². The molecule has 0 saturated heterocycles. The Morgan fingerprint density at radius 2 is 2.33 bits per heavy atom. The molecule has 0 atom stereocenters. The minimum absolute atomic E-state index is 0.00259. The average molecular weight is 217 g/mol. The number of alkyl halides is 2. The van der Waals surface area contributed by atoms with Crippen molar-refractivity contribution in [3.8, 4) is 5.75 Å². The Balaban J connectivity index is 3.15.